The summed E-state index contributed by atoms with van der Waals surface area (Å²) in [5.74, 6) is 0.156. The van der Waals surface area contributed by atoms with E-state index in [0.717, 1.165) is 0 Å². The van der Waals surface area contributed by atoms with Gasteiger partial charge in [-0.2, -0.15) is 0 Å². The van der Waals surface area contributed by atoms with Crippen LogP contribution in [0.15, 0.2) is 0 Å². The van der Waals surface area contributed by atoms with Crippen molar-refractivity contribution in [2.75, 3.05) is 6.54 Å². The van der Waals surface area contributed by atoms with Gasteiger partial charge in [0.25, 0.3) is 0 Å². The maximum atomic E-state index is 11.2. The summed E-state index contributed by atoms with van der Waals surface area (Å²) in [4.78, 5) is 22.1. The van der Waals surface area contributed by atoms with Gasteiger partial charge in [0, 0.05) is 19.4 Å². The molecule has 0 aromatic rings. The minimum absolute atomic E-state index is 0.0220. The van der Waals surface area contributed by atoms with Crippen LogP contribution in [0.4, 0.5) is 0 Å². The number of rotatable bonds is 5. The molecular formula is C10H19NO2. The molecule has 1 N–H and O–H groups in total. The van der Waals surface area contributed by atoms with E-state index in [1.165, 1.54) is 0 Å². The van der Waals surface area contributed by atoms with E-state index in [4.69, 9.17) is 0 Å². The minimum Gasteiger partial charge on any atom is -0.356 e. The van der Waals surface area contributed by atoms with Crippen LogP contribution in [0.25, 0.3) is 0 Å². The van der Waals surface area contributed by atoms with Crippen LogP contribution in [0.1, 0.15) is 40.5 Å². The van der Waals surface area contributed by atoms with Gasteiger partial charge in [0.2, 0.25) is 5.91 Å². The number of ketones is 1. The highest BCUT2D eigenvalue weighted by Gasteiger charge is 2.23. The minimum atomic E-state index is -0.217. The fraction of sp³-hybridized carbons (Fsp3) is 0.800. The van der Waals surface area contributed by atoms with Crippen LogP contribution in [-0.4, -0.2) is 18.2 Å². The summed E-state index contributed by atoms with van der Waals surface area (Å²) in [6.45, 7) is 7.96. The van der Waals surface area contributed by atoms with E-state index < -0.39 is 0 Å². The van der Waals surface area contributed by atoms with Crippen LogP contribution in [0.3, 0.4) is 0 Å². The van der Waals surface area contributed by atoms with Gasteiger partial charge >= 0.3 is 0 Å². The zero-order chi connectivity index (χ0) is 10.5. The lowest BCUT2D eigenvalue weighted by atomic mass is 9.84. The number of carbonyl (C=O) groups is 2. The van der Waals surface area contributed by atoms with Crippen LogP contribution in [0, 0.1) is 5.41 Å². The van der Waals surface area contributed by atoms with E-state index in [0.29, 0.717) is 19.4 Å². The third-order valence-corrected chi connectivity index (χ3v) is 1.74. The Kier molecular flexibility index (Phi) is 4.67. The topological polar surface area (TPSA) is 46.2 Å². The lowest BCUT2D eigenvalue weighted by molar-refractivity contribution is -0.124. The zero-order valence-corrected chi connectivity index (χ0v) is 8.94. The molecule has 0 aromatic carbocycles. The normalized spacial score (nSPS) is 11.1. The Balaban J connectivity index is 4.00. The van der Waals surface area contributed by atoms with Crippen molar-refractivity contribution >= 4 is 11.7 Å². The fourth-order valence-electron chi connectivity index (χ4n) is 1.43. The van der Waals surface area contributed by atoms with E-state index >= 15 is 0 Å². The molecule has 1 amide bonds. The van der Waals surface area contributed by atoms with Gasteiger partial charge in [-0.05, 0) is 19.3 Å². The smallest absolute Gasteiger partial charge is 0.220 e. The molecule has 0 aliphatic carbocycles. The Morgan fingerprint density at radius 1 is 1.23 bits per heavy atom. The second kappa shape index (κ2) is 5.00. The number of Topliss-reactive ketones (excluding diaryl/α,β-unsaturated/α-hetero) is 1. The van der Waals surface area contributed by atoms with Crippen molar-refractivity contribution in [2.45, 2.75) is 40.5 Å². The highest BCUT2D eigenvalue weighted by atomic mass is 16.1. The maximum absolute atomic E-state index is 11.2. The van der Waals surface area contributed by atoms with Crippen molar-refractivity contribution in [3.05, 3.63) is 0 Å². The van der Waals surface area contributed by atoms with Crippen molar-refractivity contribution in [1.29, 1.82) is 0 Å². The fourth-order valence-corrected chi connectivity index (χ4v) is 1.43. The summed E-state index contributed by atoms with van der Waals surface area (Å²) in [6.07, 6.45) is 0.880. The highest BCUT2D eigenvalue weighted by Crippen LogP contribution is 2.24. The molecule has 0 rings (SSSR count). The largest absolute Gasteiger partial charge is 0.356 e. The molecule has 3 heteroatoms. The van der Waals surface area contributed by atoms with Crippen LogP contribution >= 0.6 is 0 Å². The molecule has 0 heterocycles. The van der Waals surface area contributed by atoms with Gasteiger partial charge in [-0.3, -0.25) is 4.79 Å². The molecule has 0 aromatic heterocycles. The summed E-state index contributed by atoms with van der Waals surface area (Å²) in [6, 6.07) is 0. The zero-order valence-electron chi connectivity index (χ0n) is 8.94. The number of nitrogens with one attached hydrogen (secondary N) is 1. The molecule has 0 bridgehead atoms. The average molecular weight is 185 g/mol. The lowest BCUT2D eigenvalue weighted by Crippen LogP contribution is -2.29. The standard InChI is InChI=1S/C10H19NO2/c1-5-11-9(13)7-10(3,4)6-8(2)12/h5-7H2,1-4H3,(H,11,13). The molecule has 76 valence electrons. The first-order valence-electron chi connectivity index (χ1n) is 4.63. The first-order valence-corrected chi connectivity index (χ1v) is 4.63. The molecule has 0 radical (unpaired) electrons. The summed E-state index contributed by atoms with van der Waals surface area (Å²) in [7, 11) is 0. The third kappa shape index (κ3) is 6.31. The lowest BCUT2D eigenvalue weighted by Gasteiger charge is -2.21. The van der Waals surface area contributed by atoms with Crippen LogP contribution in [0.5, 0.6) is 0 Å². The molecule has 0 aliphatic heterocycles. The Morgan fingerprint density at radius 2 is 1.77 bits per heavy atom. The van der Waals surface area contributed by atoms with Crippen LogP contribution in [-0.2, 0) is 9.59 Å². The van der Waals surface area contributed by atoms with Gasteiger partial charge < -0.3 is 10.1 Å². The highest BCUT2D eigenvalue weighted by molar-refractivity contribution is 5.79. The van der Waals surface area contributed by atoms with Crippen molar-refractivity contribution in [3.63, 3.8) is 0 Å². The average Bonchev–Trinajstić information content (AvgIpc) is 1.81. The Morgan fingerprint density at radius 3 is 2.15 bits per heavy atom. The monoisotopic (exact) mass is 185 g/mol. The van der Waals surface area contributed by atoms with E-state index in [1.54, 1.807) is 6.92 Å². The van der Waals surface area contributed by atoms with E-state index in [2.05, 4.69) is 5.32 Å². The van der Waals surface area contributed by atoms with Crippen molar-refractivity contribution < 1.29 is 9.59 Å². The summed E-state index contributed by atoms with van der Waals surface area (Å²) >= 11 is 0. The Hall–Kier alpha value is -0.860. The third-order valence-electron chi connectivity index (χ3n) is 1.74. The molecular weight excluding hydrogens is 166 g/mol. The summed E-state index contributed by atoms with van der Waals surface area (Å²) < 4.78 is 0. The molecule has 13 heavy (non-hydrogen) atoms. The first kappa shape index (κ1) is 12.1. The molecule has 0 saturated carbocycles. The van der Waals surface area contributed by atoms with E-state index in [9.17, 15) is 9.59 Å². The summed E-state index contributed by atoms with van der Waals surface area (Å²) in [5.41, 5.74) is -0.217. The van der Waals surface area contributed by atoms with Gasteiger partial charge in [-0.25, -0.2) is 0 Å². The SMILES string of the molecule is CCNC(=O)CC(C)(C)CC(C)=O. The first-order chi connectivity index (χ1) is 5.87. The predicted octanol–water partition coefficient (Wildman–Crippen LogP) is 1.52. The van der Waals surface area contributed by atoms with Gasteiger partial charge in [0.1, 0.15) is 5.78 Å². The quantitative estimate of drug-likeness (QED) is 0.705. The predicted molar refractivity (Wildman–Crippen MR) is 52.4 cm³/mol. The second-order valence-corrected chi connectivity index (χ2v) is 4.17. The molecule has 0 atom stereocenters. The Bertz CT molecular complexity index is 197. The van der Waals surface area contributed by atoms with Gasteiger partial charge in [-0.1, -0.05) is 13.8 Å². The van der Waals surface area contributed by atoms with Crippen molar-refractivity contribution in [2.24, 2.45) is 5.41 Å². The number of hydrogen-bond acceptors (Lipinski definition) is 2. The van der Waals surface area contributed by atoms with Crippen molar-refractivity contribution in [1.82, 2.24) is 5.32 Å². The Labute approximate surface area is 79.9 Å². The molecule has 0 aliphatic rings. The maximum Gasteiger partial charge on any atom is 0.220 e. The van der Waals surface area contributed by atoms with E-state index in [1.807, 2.05) is 20.8 Å². The number of carbonyl (C=O) groups excluding carboxylic acids is 2. The van der Waals surface area contributed by atoms with Gasteiger partial charge in [0.05, 0.1) is 0 Å². The van der Waals surface area contributed by atoms with Crippen molar-refractivity contribution in [3.8, 4) is 0 Å². The van der Waals surface area contributed by atoms with Gasteiger partial charge in [-0.15, -0.1) is 0 Å². The van der Waals surface area contributed by atoms with Gasteiger partial charge in [0.15, 0.2) is 0 Å². The number of hydrogen-bond donors (Lipinski definition) is 1. The molecule has 0 unspecified atom stereocenters. The summed E-state index contributed by atoms with van der Waals surface area (Å²) in [5, 5.41) is 2.72. The molecule has 3 nitrogen and oxygen atoms in total. The van der Waals surface area contributed by atoms with E-state index in [-0.39, 0.29) is 17.1 Å². The second-order valence-electron chi connectivity index (χ2n) is 4.17. The van der Waals surface area contributed by atoms with Crippen LogP contribution < -0.4 is 5.32 Å². The molecule has 0 fully saturated rings. The molecule has 0 saturated heterocycles. The number of amides is 1. The molecule has 0 spiro atoms. The van der Waals surface area contributed by atoms with Crippen LogP contribution in [0.2, 0.25) is 0 Å².